The quantitative estimate of drug-likeness (QED) is 0.340. The molecule has 0 aliphatic heterocycles. The Hall–Kier alpha value is -3.44. The van der Waals surface area contributed by atoms with Gasteiger partial charge in [-0.2, -0.15) is 0 Å². The van der Waals surface area contributed by atoms with Crippen molar-refractivity contribution in [2.24, 2.45) is 5.73 Å². The van der Waals surface area contributed by atoms with Gasteiger partial charge in [0.05, 0.1) is 0 Å². The molecule has 3 aromatic rings. The van der Waals surface area contributed by atoms with Crippen LogP contribution >= 0.6 is 0 Å². The summed E-state index contributed by atoms with van der Waals surface area (Å²) in [6.07, 6.45) is 4.22. The number of benzene rings is 3. The van der Waals surface area contributed by atoms with Crippen molar-refractivity contribution in [3.05, 3.63) is 108 Å². The minimum absolute atomic E-state index is 0.0519. The van der Waals surface area contributed by atoms with Crippen LogP contribution in [0.1, 0.15) is 42.4 Å². The molecule has 5 nitrogen and oxygen atoms in total. The van der Waals surface area contributed by atoms with Crippen molar-refractivity contribution in [3.63, 3.8) is 0 Å². The van der Waals surface area contributed by atoms with Crippen molar-refractivity contribution in [1.29, 1.82) is 0 Å². The number of carbonyl (C=O) groups is 2. The van der Waals surface area contributed by atoms with Gasteiger partial charge < -0.3 is 16.0 Å². The number of hydrogen-bond donors (Lipinski definition) is 2. The molecular formula is C30H37N3O2. The van der Waals surface area contributed by atoms with E-state index in [0.717, 1.165) is 36.8 Å². The first-order chi connectivity index (χ1) is 17.2. The molecule has 0 radical (unpaired) electrons. The maximum absolute atomic E-state index is 13.9. The highest BCUT2D eigenvalue weighted by molar-refractivity contribution is 5.88. The van der Waals surface area contributed by atoms with Crippen LogP contribution in [0.15, 0.2) is 91.0 Å². The fourth-order valence-electron chi connectivity index (χ4n) is 4.12. The number of unbranched alkanes of at least 4 members (excludes halogenated alkanes) is 2. The van der Waals surface area contributed by atoms with Crippen LogP contribution in [0.4, 0.5) is 0 Å². The molecule has 0 fully saturated rings. The minimum Gasteiger partial charge on any atom is -0.344 e. The molecule has 5 heteroatoms. The molecule has 0 spiro atoms. The number of nitrogens with one attached hydrogen (secondary N) is 1. The van der Waals surface area contributed by atoms with E-state index in [2.05, 4.69) is 17.4 Å². The number of nitrogens with two attached hydrogens (primary N) is 1. The first kappa shape index (κ1) is 26.2. The van der Waals surface area contributed by atoms with Crippen LogP contribution in [0.25, 0.3) is 0 Å². The van der Waals surface area contributed by atoms with Crippen LogP contribution < -0.4 is 11.1 Å². The Balaban J connectivity index is 1.76. The highest BCUT2D eigenvalue weighted by atomic mass is 16.2. The second-order valence-corrected chi connectivity index (χ2v) is 8.89. The summed E-state index contributed by atoms with van der Waals surface area (Å²) in [4.78, 5) is 28.5. The highest BCUT2D eigenvalue weighted by Gasteiger charge is 2.26. The van der Waals surface area contributed by atoms with Crippen LogP contribution in [0.2, 0.25) is 0 Å². The third kappa shape index (κ3) is 9.38. The van der Waals surface area contributed by atoms with Crippen LogP contribution in [0.3, 0.4) is 0 Å². The van der Waals surface area contributed by atoms with Gasteiger partial charge in [0.15, 0.2) is 0 Å². The lowest BCUT2D eigenvalue weighted by molar-refractivity contribution is -0.137. The molecule has 0 aromatic heterocycles. The van der Waals surface area contributed by atoms with Gasteiger partial charge in [-0.25, -0.2) is 0 Å². The molecule has 2 amide bonds. The SMILES string of the molecule is NCCCCCC(=O)NC(Cc1ccccc1)C(=O)N(CCc1ccccc1)Cc1ccccc1. The molecule has 0 aliphatic rings. The lowest BCUT2D eigenvalue weighted by atomic mass is 10.0. The van der Waals surface area contributed by atoms with E-state index in [4.69, 9.17) is 5.73 Å². The van der Waals surface area contributed by atoms with Gasteiger partial charge in [0.1, 0.15) is 6.04 Å². The second kappa shape index (κ2) is 14.7. The predicted molar refractivity (Wildman–Crippen MR) is 142 cm³/mol. The van der Waals surface area contributed by atoms with E-state index in [1.165, 1.54) is 5.56 Å². The van der Waals surface area contributed by atoms with E-state index in [-0.39, 0.29) is 11.8 Å². The fraction of sp³-hybridized carbons (Fsp3) is 0.333. The van der Waals surface area contributed by atoms with Crippen molar-refractivity contribution in [1.82, 2.24) is 10.2 Å². The van der Waals surface area contributed by atoms with Crippen LogP contribution in [-0.4, -0.2) is 35.8 Å². The van der Waals surface area contributed by atoms with E-state index >= 15 is 0 Å². The van der Waals surface area contributed by atoms with E-state index in [9.17, 15) is 9.59 Å². The first-order valence-corrected chi connectivity index (χ1v) is 12.6. The molecule has 0 saturated heterocycles. The third-order valence-corrected chi connectivity index (χ3v) is 6.07. The molecule has 0 saturated carbocycles. The number of amides is 2. The molecule has 1 unspecified atom stereocenters. The summed E-state index contributed by atoms with van der Waals surface area (Å²) >= 11 is 0. The van der Waals surface area contributed by atoms with Crippen molar-refractivity contribution in [3.8, 4) is 0 Å². The maximum Gasteiger partial charge on any atom is 0.245 e. The predicted octanol–water partition coefficient (Wildman–Crippen LogP) is 4.50. The molecule has 0 aliphatic carbocycles. The zero-order valence-electron chi connectivity index (χ0n) is 20.4. The Morgan fingerprint density at radius 2 is 1.31 bits per heavy atom. The van der Waals surface area contributed by atoms with Crippen molar-refractivity contribution >= 4 is 11.8 Å². The molecule has 1 atom stereocenters. The third-order valence-electron chi connectivity index (χ3n) is 6.07. The number of hydrogen-bond acceptors (Lipinski definition) is 3. The summed E-state index contributed by atoms with van der Waals surface area (Å²) in [5.41, 5.74) is 8.85. The summed E-state index contributed by atoms with van der Waals surface area (Å²) < 4.78 is 0. The van der Waals surface area contributed by atoms with E-state index in [0.29, 0.717) is 32.5 Å². The Morgan fingerprint density at radius 1 is 0.743 bits per heavy atom. The largest absolute Gasteiger partial charge is 0.344 e. The van der Waals surface area contributed by atoms with E-state index in [1.807, 2.05) is 83.8 Å². The van der Waals surface area contributed by atoms with E-state index in [1.54, 1.807) is 0 Å². The zero-order chi connectivity index (χ0) is 24.7. The Morgan fingerprint density at radius 3 is 1.91 bits per heavy atom. The summed E-state index contributed by atoms with van der Waals surface area (Å²) in [6, 6.07) is 29.5. The van der Waals surface area contributed by atoms with Gasteiger partial charge in [-0.3, -0.25) is 9.59 Å². The van der Waals surface area contributed by atoms with E-state index < -0.39 is 6.04 Å². The molecule has 3 rings (SSSR count). The lowest BCUT2D eigenvalue weighted by Crippen LogP contribution is -2.50. The van der Waals surface area contributed by atoms with Crippen LogP contribution in [0.5, 0.6) is 0 Å². The van der Waals surface area contributed by atoms with Crippen LogP contribution in [0, 0.1) is 0 Å². The summed E-state index contributed by atoms with van der Waals surface area (Å²) in [6.45, 7) is 1.71. The van der Waals surface area contributed by atoms with Gasteiger partial charge in [0.25, 0.3) is 0 Å². The van der Waals surface area contributed by atoms with Crippen LogP contribution in [-0.2, 0) is 29.0 Å². The van der Waals surface area contributed by atoms with Gasteiger partial charge in [0, 0.05) is 25.9 Å². The Labute approximate surface area is 209 Å². The van der Waals surface area contributed by atoms with Crippen molar-refractivity contribution in [2.45, 2.75) is 51.1 Å². The van der Waals surface area contributed by atoms with Gasteiger partial charge in [-0.05, 0) is 42.5 Å². The molecule has 3 N–H and O–H groups in total. The minimum atomic E-state index is -0.612. The lowest BCUT2D eigenvalue weighted by Gasteiger charge is -2.28. The first-order valence-electron chi connectivity index (χ1n) is 12.6. The monoisotopic (exact) mass is 471 g/mol. The van der Waals surface area contributed by atoms with Gasteiger partial charge in [0.2, 0.25) is 11.8 Å². The van der Waals surface area contributed by atoms with Gasteiger partial charge in [-0.15, -0.1) is 0 Å². The summed E-state index contributed by atoms with van der Waals surface area (Å²) in [5, 5.41) is 3.05. The molecule has 35 heavy (non-hydrogen) atoms. The second-order valence-electron chi connectivity index (χ2n) is 8.89. The normalized spacial score (nSPS) is 11.6. The van der Waals surface area contributed by atoms with Gasteiger partial charge in [-0.1, -0.05) is 97.4 Å². The van der Waals surface area contributed by atoms with Crippen molar-refractivity contribution in [2.75, 3.05) is 13.1 Å². The Bertz CT molecular complexity index is 1010. The smallest absolute Gasteiger partial charge is 0.245 e. The highest BCUT2D eigenvalue weighted by Crippen LogP contribution is 2.13. The average Bonchev–Trinajstić information content (AvgIpc) is 2.90. The zero-order valence-corrected chi connectivity index (χ0v) is 20.4. The molecule has 184 valence electrons. The topological polar surface area (TPSA) is 75.4 Å². The molecule has 3 aromatic carbocycles. The molecule has 0 heterocycles. The number of nitrogens with zero attached hydrogens (tertiary/aromatic N) is 1. The Kier molecular flexibility index (Phi) is 11.0. The van der Waals surface area contributed by atoms with Gasteiger partial charge >= 0.3 is 0 Å². The average molecular weight is 472 g/mol. The maximum atomic E-state index is 13.9. The standard InChI is InChI=1S/C30H37N3O2/c31-21-12-4-11-19-29(34)32-28(23-26-15-7-2-8-16-26)30(35)33(24-27-17-9-3-10-18-27)22-20-25-13-5-1-6-14-25/h1-3,5-10,13-18,28H,4,11-12,19-24,31H2,(H,32,34). The summed E-state index contributed by atoms with van der Waals surface area (Å²) in [5.74, 6) is -0.136. The summed E-state index contributed by atoms with van der Waals surface area (Å²) in [7, 11) is 0. The van der Waals surface area contributed by atoms with Crippen molar-refractivity contribution < 1.29 is 9.59 Å². The fourth-order valence-corrected chi connectivity index (χ4v) is 4.12. The molecular weight excluding hydrogens is 434 g/mol. The number of rotatable bonds is 14. The molecule has 0 bridgehead atoms. The number of carbonyl (C=O) groups excluding carboxylic acids is 2.